The molecule has 1 amide bonds. The van der Waals surface area contributed by atoms with Crippen LogP contribution >= 0.6 is 22.7 Å². The van der Waals surface area contributed by atoms with Gasteiger partial charge in [-0.05, 0) is 47.5 Å². The topological polar surface area (TPSA) is 209 Å². The molecule has 0 aliphatic rings. The Morgan fingerprint density at radius 1 is 0.714 bits per heavy atom. The van der Waals surface area contributed by atoms with Crippen LogP contribution in [0.1, 0.15) is 11.1 Å². The van der Waals surface area contributed by atoms with Crippen molar-refractivity contribution in [1.82, 2.24) is 34.3 Å². The maximum Gasteiger partial charge on any atom is 0.307 e. The van der Waals surface area contributed by atoms with Crippen LogP contribution in [0.5, 0.6) is 0 Å². The van der Waals surface area contributed by atoms with Gasteiger partial charge in [-0.1, -0.05) is 78.0 Å². The number of carboxylic acids is 1. The van der Waals surface area contributed by atoms with Crippen molar-refractivity contribution in [2.45, 2.75) is 12.8 Å². The fourth-order valence-corrected chi connectivity index (χ4v) is 6.73. The number of hydrogen-bond donors (Lipinski definition) is 3. The zero-order valence-electron chi connectivity index (χ0n) is 29.8. The number of carboxylic acid groups (broad SMARTS) is 1. The number of benzene rings is 3. The monoisotopic (exact) mass is 805 g/mol. The molecule has 0 atom stereocenters. The molecule has 17 heteroatoms. The highest BCUT2D eigenvalue weighted by atomic mass is 32.2. The number of anilines is 2. The van der Waals surface area contributed by atoms with Gasteiger partial charge in [0.15, 0.2) is 10.3 Å². The maximum atomic E-state index is 12.0. The van der Waals surface area contributed by atoms with Crippen LogP contribution in [-0.2, 0) is 32.5 Å². The molecular formula is C39H35N9O5S3. The van der Waals surface area contributed by atoms with E-state index in [-0.39, 0.29) is 12.3 Å². The van der Waals surface area contributed by atoms with Crippen molar-refractivity contribution in [3.05, 3.63) is 156 Å². The Kier molecular flexibility index (Phi) is 14.5. The van der Waals surface area contributed by atoms with Gasteiger partial charge in [0.1, 0.15) is 11.0 Å². The van der Waals surface area contributed by atoms with Gasteiger partial charge in [-0.15, -0.1) is 31.9 Å². The molecule has 0 fully saturated rings. The van der Waals surface area contributed by atoms with Crippen molar-refractivity contribution in [2.24, 2.45) is 0 Å². The Balaban J connectivity index is 0.000000150. The predicted molar refractivity (Wildman–Crippen MR) is 219 cm³/mol. The van der Waals surface area contributed by atoms with Crippen LogP contribution in [0, 0.1) is 0 Å². The Morgan fingerprint density at radius 3 is 1.77 bits per heavy atom. The van der Waals surface area contributed by atoms with Crippen molar-refractivity contribution >= 4 is 65.9 Å². The molecular weight excluding hydrogens is 771 g/mol. The van der Waals surface area contributed by atoms with Crippen molar-refractivity contribution in [1.29, 1.82) is 0 Å². The maximum absolute atomic E-state index is 12.0. The third-order valence-corrected chi connectivity index (χ3v) is 9.60. The van der Waals surface area contributed by atoms with Crippen LogP contribution in [0.2, 0.25) is 0 Å². The lowest BCUT2D eigenvalue weighted by Gasteiger charge is -2.01. The minimum absolute atomic E-state index is 0.0585. The molecule has 8 rings (SSSR count). The zero-order chi connectivity index (χ0) is 39.8. The fourth-order valence-electron chi connectivity index (χ4n) is 4.74. The summed E-state index contributed by atoms with van der Waals surface area (Å²) in [6, 6.07) is 33.3. The summed E-state index contributed by atoms with van der Waals surface area (Å²) in [4.78, 5) is 38.6. The van der Waals surface area contributed by atoms with Crippen molar-refractivity contribution in [3.8, 4) is 22.5 Å². The van der Waals surface area contributed by atoms with E-state index in [1.807, 2.05) is 83.6 Å². The smallest absolute Gasteiger partial charge is 0.307 e. The summed E-state index contributed by atoms with van der Waals surface area (Å²) in [5.74, 6) is -0.844. The third-order valence-electron chi connectivity index (χ3n) is 7.27. The van der Waals surface area contributed by atoms with E-state index in [0.717, 1.165) is 44.0 Å². The number of carbonyl (C=O) groups is 2. The SMILES string of the molecule is CS(=O)(=O)n1nnc2ccccc21.Nc1nc(-c2ccncc2)cs1.O=C(Cc1ccccc1)Nc1nc(-c2ccncc2)cs1.O=C(O)Cc1ccccc1. The summed E-state index contributed by atoms with van der Waals surface area (Å²) in [5, 5.41) is 23.5. The second-order valence-corrected chi connectivity index (χ2v) is 15.1. The van der Waals surface area contributed by atoms with Gasteiger partial charge in [0.2, 0.25) is 5.91 Å². The number of rotatable bonds is 8. The normalized spacial score (nSPS) is 10.4. The minimum atomic E-state index is -3.34. The van der Waals surface area contributed by atoms with Crippen LogP contribution in [0.15, 0.2) is 145 Å². The Bertz CT molecular complexity index is 2550. The predicted octanol–water partition coefficient (Wildman–Crippen LogP) is 6.73. The van der Waals surface area contributed by atoms with E-state index >= 15 is 0 Å². The highest BCUT2D eigenvalue weighted by Crippen LogP contribution is 2.24. The molecule has 56 heavy (non-hydrogen) atoms. The first-order valence-electron chi connectivity index (χ1n) is 16.6. The van der Waals surface area contributed by atoms with E-state index in [4.69, 9.17) is 10.8 Å². The van der Waals surface area contributed by atoms with Gasteiger partial charge >= 0.3 is 5.97 Å². The number of nitrogens with zero attached hydrogens (tertiary/aromatic N) is 7. The standard InChI is InChI=1S/C16H13N3OS.C8H7N3S.C8H8O2.C7H7N3O2S/c20-15(10-12-4-2-1-3-5-12)19-16-18-14(11-21-16)13-6-8-17-9-7-13;9-8-11-7(5-12-8)6-1-3-10-4-2-6;9-8(10)6-7-4-2-1-3-5-7;1-13(11,12)10-7-5-3-2-4-6(7)8-9-10/h1-9,11H,10H2,(H,18,19,20);1-5H,(H2,9,11);1-5H,6H2,(H,9,10);2-5H,1H3. The molecule has 5 heterocycles. The molecule has 3 aromatic carbocycles. The van der Waals surface area contributed by atoms with Crippen molar-refractivity contribution < 1.29 is 23.1 Å². The summed E-state index contributed by atoms with van der Waals surface area (Å²) < 4.78 is 23.3. The number of aromatic nitrogens is 7. The van der Waals surface area contributed by atoms with E-state index in [9.17, 15) is 18.0 Å². The summed E-state index contributed by atoms with van der Waals surface area (Å²) in [6.07, 6.45) is 8.49. The lowest BCUT2D eigenvalue weighted by molar-refractivity contribution is -0.136. The number of fused-ring (bicyclic) bond motifs is 1. The minimum Gasteiger partial charge on any atom is -0.481 e. The first kappa shape index (κ1) is 40.5. The quantitative estimate of drug-likeness (QED) is 0.146. The lowest BCUT2D eigenvalue weighted by atomic mass is 10.1. The fraction of sp³-hybridized carbons (Fsp3) is 0.0769. The molecule has 0 spiro atoms. The molecule has 0 saturated heterocycles. The highest BCUT2D eigenvalue weighted by Gasteiger charge is 2.12. The van der Waals surface area contributed by atoms with Crippen LogP contribution in [0.4, 0.5) is 10.3 Å². The summed E-state index contributed by atoms with van der Waals surface area (Å²) in [7, 11) is -3.34. The van der Waals surface area contributed by atoms with Crippen LogP contribution in [0.25, 0.3) is 33.5 Å². The molecule has 8 aromatic rings. The van der Waals surface area contributed by atoms with E-state index in [0.29, 0.717) is 27.7 Å². The Labute approximate surface area is 330 Å². The van der Waals surface area contributed by atoms with Gasteiger partial charge in [-0.2, -0.15) is 0 Å². The number of thiazole rings is 2. The number of nitrogens with two attached hydrogens (primary N) is 1. The highest BCUT2D eigenvalue weighted by molar-refractivity contribution is 7.89. The molecule has 0 unspecified atom stereocenters. The molecule has 0 aliphatic heterocycles. The van der Waals surface area contributed by atoms with Crippen LogP contribution in [-0.4, -0.2) is 66.0 Å². The molecule has 5 aromatic heterocycles. The van der Waals surface area contributed by atoms with E-state index in [2.05, 4.69) is 35.6 Å². The molecule has 0 saturated carbocycles. The second kappa shape index (κ2) is 20.1. The Hall–Kier alpha value is -6.69. The summed E-state index contributed by atoms with van der Waals surface area (Å²) in [5.41, 5.74) is 12.2. The number of nitrogen functional groups attached to an aromatic ring is 1. The van der Waals surface area contributed by atoms with Crippen molar-refractivity contribution in [2.75, 3.05) is 17.3 Å². The van der Waals surface area contributed by atoms with Gasteiger partial charge in [0, 0.05) is 46.7 Å². The summed E-state index contributed by atoms with van der Waals surface area (Å²) >= 11 is 2.87. The molecule has 0 radical (unpaired) electrons. The zero-order valence-corrected chi connectivity index (χ0v) is 32.2. The molecule has 4 N–H and O–H groups in total. The first-order chi connectivity index (χ1) is 27.0. The number of hydrogen-bond acceptors (Lipinski definition) is 13. The van der Waals surface area contributed by atoms with Crippen molar-refractivity contribution in [3.63, 3.8) is 0 Å². The van der Waals surface area contributed by atoms with Gasteiger partial charge in [0.25, 0.3) is 10.0 Å². The van der Waals surface area contributed by atoms with Gasteiger partial charge in [-0.25, -0.2) is 18.4 Å². The van der Waals surface area contributed by atoms with Gasteiger partial charge in [-0.3, -0.25) is 19.6 Å². The molecule has 0 bridgehead atoms. The number of pyridine rings is 2. The average molecular weight is 806 g/mol. The largest absolute Gasteiger partial charge is 0.481 e. The number of para-hydroxylation sites is 1. The number of aliphatic carboxylic acids is 1. The number of amides is 1. The Morgan fingerprint density at radius 2 is 1.23 bits per heavy atom. The molecule has 284 valence electrons. The van der Waals surface area contributed by atoms with E-state index in [1.165, 1.54) is 22.7 Å². The van der Waals surface area contributed by atoms with Crippen LogP contribution in [0.3, 0.4) is 0 Å². The molecule has 14 nitrogen and oxygen atoms in total. The second-order valence-electron chi connectivity index (χ2n) is 11.5. The molecule has 0 aliphatic carbocycles. The van der Waals surface area contributed by atoms with Gasteiger partial charge < -0.3 is 16.2 Å². The van der Waals surface area contributed by atoms with Gasteiger partial charge in [0.05, 0.1) is 30.5 Å². The van der Waals surface area contributed by atoms with E-state index in [1.54, 1.807) is 61.2 Å². The van der Waals surface area contributed by atoms with Crippen LogP contribution < -0.4 is 11.1 Å². The first-order valence-corrected chi connectivity index (χ1v) is 20.2. The summed E-state index contributed by atoms with van der Waals surface area (Å²) in [6.45, 7) is 0. The number of carbonyl (C=O) groups excluding carboxylic acids is 1. The van der Waals surface area contributed by atoms with E-state index < -0.39 is 16.0 Å². The average Bonchev–Trinajstić information content (AvgIpc) is 3.97. The lowest BCUT2D eigenvalue weighted by Crippen LogP contribution is -2.14. The number of nitrogens with one attached hydrogen (secondary N) is 1. The third kappa shape index (κ3) is 12.7.